The number of halogens is 1. The first-order valence-corrected chi connectivity index (χ1v) is 5.96. The van der Waals surface area contributed by atoms with Crippen molar-refractivity contribution in [3.05, 3.63) is 22.7 Å². The zero-order valence-corrected chi connectivity index (χ0v) is 10.7. The van der Waals surface area contributed by atoms with Crippen molar-refractivity contribution in [2.45, 2.75) is 26.4 Å². The number of piperazine rings is 1. The highest BCUT2D eigenvalue weighted by atomic mass is 35.5. The lowest BCUT2D eigenvalue weighted by Gasteiger charge is -2.32. The van der Waals surface area contributed by atoms with Gasteiger partial charge in [-0.3, -0.25) is 9.69 Å². The standard InChI is InChI=1S/C11H15ClN4O/c1-7-5-9(12)15-10(14-7)6-16-4-3-13-11(17)8(16)2/h5,8H,3-4,6H2,1-2H3,(H,13,17). The fourth-order valence-corrected chi connectivity index (χ4v) is 2.14. The summed E-state index contributed by atoms with van der Waals surface area (Å²) in [5, 5.41) is 3.27. The van der Waals surface area contributed by atoms with E-state index in [1.54, 1.807) is 6.07 Å². The molecule has 1 saturated heterocycles. The average molecular weight is 255 g/mol. The van der Waals surface area contributed by atoms with Crippen molar-refractivity contribution in [1.82, 2.24) is 20.2 Å². The van der Waals surface area contributed by atoms with Crippen molar-refractivity contribution >= 4 is 17.5 Å². The van der Waals surface area contributed by atoms with Gasteiger partial charge in [-0.2, -0.15) is 0 Å². The van der Waals surface area contributed by atoms with Gasteiger partial charge >= 0.3 is 0 Å². The predicted molar refractivity (Wildman–Crippen MR) is 64.7 cm³/mol. The molecule has 1 aliphatic rings. The molecule has 1 aromatic rings. The number of aromatic nitrogens is 2. The minimum absolute atomic E-state index is 0.0509. The summed E-state index contributed by atoms with van der Waals surface area (Å²) in [6.07, 6.45) is 0. The quantitative estimate of drug-likeness (QED) is 0.792. The number of hydrogen-bond acceptors (Lipinski definition) is 4. The monoisotopic (exact) mass is 254 g/mol. The minimum Gasteiger partial charge on any atom is -0.353 e. The second kappa shape index (κ2) is 4.98. The van der Waals surface area contributed by atoms with E-state index < -0.39 is 0 Å². The van der Waals surface area contributed by atoms with Gasteiger partial charge in [-0.15, -0.1) is 0 Å². The molecule has 92 valence electrons. The summed E-state index contributed by atoms with van der Waals surface area (Å²) < 4.78 is 0. The molecule has 0 radical (unpaired) electrons. The maximum Gasteiger partial charge on any atom is 0.237 e. The molecular formula is C11H15ClN4O. The molecule has 1 fully saturated rings. The Balaban J connectivity index is 2.11. The zero-order valence-electron chi connectivity index (χ0n) is 9.90. The normalized spacial score (nSPS) is 21.4. The zero-order chi connectivity index (χ0) is 12.4. The van der Waals surface area contributed by atoms with E-state index in [0.717, 1.165) is 12.2 Å². The highest BCUT2D eigenvalue weighted by Gasteiger charge is 2.25. The minimum atomic E-state index is -0.147. The van der Waals surface area contributed by atoms with Crippen LogP contribution in [0, 0.1) is 6.92 Å². The van der Waals surface area contributed by atoms with Crippen molar-refractivity contribution in [2.75, 3.05) is 13.1 Å². The van der Waals surface area contributed by atoms with Gasteiger partial charge in [0.1, 0.15) is 11.0 Å². The Morgan fingerprint density at radius 3 is 3.06 bits per heavy atom. The third kappa shape index (κ3) is 2.92. The maximum atomic E-state index is 11.5. The van der Waals surface area contributed by atoms with E-state index >= 15 is 0 Å². The van der Waals surface area contributed by atoms with E-state index in [4.69, 9.17) is 11.6 Å². The van der Waals surface area contributed by atoms with Gasteiger partial charge in [0.25, 0.3) is 0 Å². The lowest BCUT2D eigenvalue weighted by atomic mass is 10.2. The number of nitrogens with one attached hydrogen (secondary N) is 1. The summed E-state index contributed by atoms with van der Waals surface area (Å²) in [7, 11) is 0. The lowest BCUT2D eigenvalue weighted by molar-refractivity contribution is -0.128. The Morgan fingerprint density at radius 1 is 1.59 bits per heavy atom. The molecule has 17 heavy (non-hydrogen) atoms. The van der Waals surface area contributed by atoms with Crippen LogP contribution in [0.25, 0.3) is 0 Å². The van der Waals surface area contributed by atoms with Crippen molar-refractivity contribution in [2.24, 2.45) is 0 Å². The van der Waals surface area contributed by atoms with Crippen LogP contribution < -0.4 is 5.32 Å². The predicted octanol–water partition coefficient (Wildman–Crippen LogP) is 0.759. The number of aryl methyl sites for hydroxylation is 1. The molecule has 2 heterocycles. The van der Waals surface area contributed by atoms with Crippen LogP contribution in [0.4, 0.5) is 0 Å². The fourth-order valence-electron chi connectivity index (χ4n) is 1.89. The lowest BCUT2D eigenvalue weighted by Crippen LogP contribution is -2.53. The van der Waals surface area contributed by atoms with E-state index in [9.17, 15) is 4.79 Å². The fraction of sp³-hybridized carbons (Fsp3) is 0.545. The molecule has 5 nitrogen and oxygen atoms in total. The SMILES string of the molecule is Cc1cc(Cl)nc(CN2CCNC(=O)C2C)n1. The van der Waals surface area contributed by atoms with Crippen molar-refractivity contribution < 1.29 is 4.79 Å². The molecule has 1 amide bonds. The third-order valence-corrected chi connectivity index (χ3v) is 3.03. The van der Waals surface area contributed by atoms with Crippen LogP contribution in [0.15, 0.2) is 6.07 Å². The van der Waals surface area contributed by atoms with Gasteiger partial charge in [-0.05, 0) is 19.9 Å². The summed E-state index contributed by atoms with van der Waals surface area (Å²) in [6, 6.07) is 1.57. The highest BCUT2D eigenvalue weighted by molar-refractivity contribution is 6.29. The third-order valence-electron chi connectivity index (χ3n) is 2.84. The largest absolute Gasteiger partial charge is 0.353 e. The molecule has 1 unspecified atom stereocenters. The van der Waals surface area contributed by atoms with Gasteiger partial charge < -0.3 is 5.32 Å². The molecule has 1 atom stereocenters. The summed E-state index contributed by atoms with van der Waals surface area (Å²) >= 11 is 5.88. The Labute approximate surface area is 105 Å². The Kier molecular flexibility index (Phi) is 3.59. The van der Waals surface area contributed by atoms with Gasteiger partial charge in [0.05, 0.1) is 12.6 Å². The number of carbonyl (C=O) groups is 1. The first-order valence-electron chi connectivity index (χ1n) is 5.58. The van der Waals surface area contributed by atoms with Gasteiger partial charge in [-0.25, -0.2) is 9.97 Å². The number of hydrogen-bond donors (Lipinski definition) is 1. The van der Waals surface area contributed by atoms with Crippen molar-refractivity contribution in [3.63, 3.8) is 0 Å². The maximum absolute atomic E-state index is 11.5. The molecule has 0 aliphatic carbocycles. The molecule has 1 aliphatic heterocycles. The van der Waals surface area contributed by atoms with E-state index in [1.807, 2.05) is 18.7 Å². The smallest absolute Gasteiger partial charge is 0.237 e. The Hall–Kier alpha value is -1.20. The summed E-state index contributed by atoms with van der Waals surface area (Å²) in [5.74, 6) is 0.714. The van der Waals surface area contributed by atoms with Crippen LogP contribution in [-0.4, -0.2) is 39.9 Å². The van der Waals surface area contributed by atoms with E-state index in [-0.39, 0.29) is 11.9 Å². The first-order chi connectivity index (χ1) is 8.06. The molecule has 1 N–H and O–H groups in total. The van der Waals surface area contributed by atoms with Gasteiger partial charge in [0, 0.05) is 18.8 Å². The van der Waals surface area contributed by atoms with Crippen LogP contribution in [0.2, 0.25) is 5.15 Å². The highest BCUT2D eigenvalue weighted by Crippen LogP contribution is 2.11. The van der Waals surface area contributed by atoms with Crippen molar-refractivity contribution in [1.29, 1.82) is 0 Å². The van der Waals surface area contributed by atoms with Crippen LogP contribution in [-0.2, 0) is 11.3 Å². The number of rotatable bonds is 2. The Bertz CT molecular complexity index is 417. The molecule has 0 aromatic carbocycles. The molecule has 6 heteroatoms. The van der Waals surface area contributed by atoms with Gasteiger partial charge in [-0.1, -0.05) is 11.6 Å². The van der Waals surface area contributed by atoms with Crippen LogP contribution in [0.5, 0.6) is 0 Å². The van der Waals surface area contributed by atoms with Crippen LogP contribution in [0.1, 0.15) is 18.4 Å². The summed E-state index contributed by atoms with van der Waals surface area (Å²) in [5.41, 5.74) is 0.842. The number of nitrogens with zero attached hydrogens (tertiary/aromatic N) is 3. The first kappa shape index (κ1) is 12.3. The molecular weight excluding hydrogens is 240 g/mol. The second-order valence-corrected chi connectivity index (χ2v) is 4.57. The molecule has 0 bridgehead atoms. The van der Waals surface area contributed by atoms with Crippen LogP contribution >= 0.6 is 11.6 Å². The average Bonchev–Trinajstić information content (AvgIpc) is 2.23. The van der Waals surface area contributed by atoms with E-state index in [1.165, 1.54) is 0 Å². The molecule has 0 spiro atoms. The van der Waals surface area contributed by atoms with E-state index in [0.29, 0.717) is 24.1 Å². The summed E-state index contributed by atoms with van der Waals surface area (Å²) in [6.45, 7) is 5.79. The number of amides is 1. The van der Waals surface area contributed by atoms with Gasteiger partial charge in [0.15, 0.2) is 0 Å². The molecule has 1 aromatic heterocycles. The summed E-state index contributed by atoms with van der Waals surface area (Å²) in [4.78, 5) is 22.0. The molecule has 0 saturated carbocycles. The number of carbonyl (C=O) groups excluding carboxylic acids is 1. The van der Waals surface area contributed by atoms with Crippen molar-refractivity contribution in [3.8, 4) is 0 Å². The Morgan fingerprint density at radius 2 is 2.35 bits per heavy atom. The van der Waals surface area contributed by atoms with Gasteiger partial charge in [0.2, 0.25) is 5.91 Å². The second-order valence-electron chi connectivity index (χ2n) is 4.19. The molecule has 2 rings (SSSR count). The topological polar surface area (TPSA) is 58.1 Å². The van der Waals surface area contributed by atoms with Crippen LogP contribution in [0.3, 0.4) is 0 Å². The van der Waals surface area contributed by atoms with E-state index in [2.05, 4.69) is 15.3 Å².